The molecule has 0 bridgehead atoms. The number of aromatic nitrogens is 2. The van der Waals surface area contributed by atoms with Gasteiger partial charge in [-0.25, -0.2) is 4.98 Å². The lowest BCUT2D eigenvalue weighted by Crippen LogP contribution is -2.19. The van der Waals surface area contributed by atoms with Gasteiger partial charge in [-0.3, -0.25) is 4.79 Å². The summed E-state index contributed by atoms with van der Waals surface area (Å²) in [6.45, 7) is 3.85. The van der Waals surface area contributed by atoms with Crippen molar-refractivity contribution in [2.24, 2.45) is 5.73 Å². The Morgan fingerprint density at radius 3 is 2.58 bits per heavy atom. The molecule has 0 aromatic carbocycles. The average molecular weight is 168 g/mol. The standard InChI is InChI=1S/C7H12N4O/c1-4(2)11-3-10-6(8)5(11)7(9)12/h3-4H,8H2,1-2H3,(H2,9,12). The molecule has 66 valence electrons. The fraction of sp³-hybridized carbons (Fsp3) is 0.429. The minimum Gasteiger partial charge on any atom is -0.382 e. The number of hydrogen-bond acceptors (Lipinski definition) is 3. The highest BCUT2D eigenvalue weighted by molar-refractivity contribution is 5.95. The predicted octanol–water partition coefficient (Wildman–Crippen LogP) is 0.145. The van der Waals surface area contributed by atoms with Crippen molar-refractivity contribution in [1.82, 2.24) is 9.55 Å². The first-order valence-electron chi connectivity index (χ1n) is 3.66. The number of anilines is 1. The quantitative estimate of drug-likeness (QED) is 0.658. The van der Waals surface area contributed by atoms with Crippen LogP contribution < -0.4 is 11.5 Å². The Morgan fingerprint density at radius 2 is 2.25 bits per heavy atom. The molecule has 0 aliphatic carbocycles. The zero-order valence-corrected chi connectivity index (χ0v) is 7.11. The number of nitrogens with zero attached hydrogens (tertiary/aromatic N) is 2. The summed E-state index contributed by atoms with van der Waals surface area (Å²) in [6.07, 6.45) is 1.51. The molecule has 1 aromatic rings. The van der Waals surface area contributed by atoms with Crippen LogP contribution in [0.2, 0.25) is 0 Å². The molecule has 0 radical (unpaired) electrons. The van der Waals surface area contributed by atoms with Gasteiger partial charge in [-0.1, -0.05) is 0 Å². The molecule has 0 aliphatic heterocycles. The van der Waals surface area contributed by atoms with E-state index in [2.05, 4.69) is 4.98 Å². The summed E-state index contributed by atoms with van der Waals surface area (Å²) in [5, 5.41) is 0. The minimum absolute atomic E-state index is 0.136. The molecule has 12 heavy (non-hydrogen) atoms. The van der Waals surface area contributed by atoms with Crippen LogP contribution in [0.4, 0.5) is 5.82 Å². The maximum absolute atomic E-state index is 10.9. The van der Waals surface area contributed by atoms with Crippen molar-refractivity contribution in [1.29, 1.82) is 0 Å². The lowest BCUT2D eigenvalue weighted by atomic mass is 10.3. The monoisotopic (exact) mass is 168 g/mol. The minimum atomic E-state index is -0.543. The van der Waals surface area contributed by atoms with Gasteiger partial charge in [-0.05, 0) is 13.8 Å². The van der Waals surface area contributed by atoms with Gasteiger partial charge in [-0.15, -0.1) is 0 Å². The van der Waals surface area contributed by atoms with E-state index in [1.54, 1.807) is 4.57 Å². The molecule has 0 fully saturated rings. The number of nitrogens with two attached hydrogens (primary N) is 2. The van der Waals surface area contributed by atoms with E-state index < -0.39 is 5.91 Å². The smallest absolute Gasteiger partial charge is 0.269 e. The van der Waals surface area contributed by atoms with E-state index in [9.17, 15) is 4.79 Å². The van der Waals surface area contributed by atoms with Crippen molar-refractivity contribution in [2.75, 3.05) is 5.73 Å². The van der Waals surface area contributed by atoms with Crippen molar-refractivity contribution >= 4 is 11.7 Å². The fourth-order valence-electron chi connectivity index (χ4n) is 1.02. The first kappa shape index (κ1) is 8.58. The van der Waals surface area contributed by atoms with Crippen LogP contribution in [0.1, 0.15) is 30.4 Å². The number of nitrogen functional groups attached to an aromatic ring is 1. The maximum atomic E-state index is 10.9. The van der Waals surface area contributed by atoms with E-state index in [1.165, 1.54) is 6.33 Å². The third kappa shape index (κ3) is 1.25. The molecular formula is C7H12N4O. The number of carbonyl (C=O) groups excluding carboxylic acids is 1. The largest absolute Gasteiger partial charge is 0.382 e. The summed E-state index contributed by atoms with van der Waals surface area (Å²) >= 11 is 0. The molecule has 4 N–H and O–H groups in total. The van der Waals surface area contributed by atoms with E-state index in [0.29, 0.717) is 0 Å². The van der Waals surface area contributed by atoms with Crippen molar-refractivity contribution in [3.63, 3.8) is 0 Å². The van der Waals surface area contributed by atoms with Crippen LogP contribution in [0.25, 0.3) is 0 Å². The second-order valence-electron chi connectivity index (χ2n) is 2.84. The topological polar surface area (TPSA) is 86.9 Å². The van der Waals surface area contributed by atoms with E-state index in [1.807, 2.05) is 13.8 Å². The van der Waals surface area contributed by atoms with E-state index in [4.69, 9.17) is 11.5 Å². The molecule has 1 rings (SSSR count). The maximum Gasteiger partial charge on any atom is 0.269 e. The molecule has 0 saturated carbocycles. The van der Waals surface area contributed by atoms with Crippen LogP contribution in [0.5, 0.6) is 0 Å². The molecule has 5 nitrogen and oxygen atoms in total. The van der Waals surface area contributed by atoms with Crippen molar-refractivity contribution < 1.29 is 4.79 Å². The summed E-state index contributed by atoms with van der Waals surface area (Å²) in [7, 11) is 0. The molecule has 1 amide bonds. The van der Waals surface area contributed by atoms with Gasteiger partial charge in [0, 0.05) is 6.04 Å². The van der Waals surface area contributed by atoms with Gasteiger partial charge in [0.25, 0.3) is 5.91 Å². The number of hydrogen-bond donors (Lipinski definition) is 2. The highest BCUT2D eigenvalue weighted by atomic mass is 16.1. The molecule has 0 spiro atoms. The Labute approximate surface area is 70.4 Å². The van der Waals surface area contributed by atoms with E-state index in [-0.39, 0.29) is 17.6 Å². The van der Waals surface area contributed by atoms with Gasteiger partial charge in [0.2, 0.25) is 0 Å². The van der Waals surface area contributed by atoms with E-state index >= 15 is 0 Å². The summed E-state index contributed by atoms with van der Waals surface area (Å²) in [5.41, 5.74) is 10.8. The van der Waals surface area contributed by atoms with Crippen LogP contribution >= 0.6 is 0 Å². The van der Waals surface area contributed by atoms with Crippen LogP contribution in [0, 0.1) is 0 Å². The van der Waals surface area contributed by atoms with Crippen LogP contribution in [0.15, 0.2) is 6.33 Å². The van der Waals surface area contributed by atoms with Gasteiger partial charge in [-0.2, -0.15) is 0 Å². The van der Waals surface area contributed by atoms with Crippen molar-refractivity contribution in [3.8, 4) is 0 Å². The lowest BCUT2D eigenvalue weighted by Gasteiger charge is -2.08. The average Bonchev–Trinajstić information content (AvgIpc) is 2.30. The Bertz CT molecular complexity index is 302. The zero-order chi connectivity index (χ0) is 9.30. The van der Waals surface area contributed by atoms with Crippen molar-refractivity contribution in [2.45, 2.75) is 19.9 Å². The highest BCUT2D eigenvalue weighted by Crippen LogP contribution is 2.14. The van der Waals surface area contributed by atoms with Gasteiger partial charge in [0.15, 0.2) is 11.5 Å². The van der Waals surface area contributed by atoms with Crippen LogP contribution in [0.3, 0.4) is 0 Å². The Balaban J connectivity index is 3.21. The third-order valence-corrected chi connectivity index (χ3v) is 1.61. The molecule has 0 saturated heterocycles. The van der Waals surface area contributed by atoms with Gasteiger partial charge in [0.1, 0.15) is 0 Å². The second-order valence-corrected chi connectivity index (χ2v) is 2.84. The summed E-state index contributed by atoms with van der Waals surface area (Å²) in [4.78, 5) is 14.7. The third-order valence-electron chi connectivity index (χ3n) is 1.61. The fourth-order valence-corrected chi connectivity index (χ4v) is 1.02. The molecule has 0 aliphatic rings. The zero-order valence-electron chi connectivity index (χ0n) is 7.11. The molecule has 5 heteroatoms. The Kier molecular flexibility index (Phi) is 2.03. The van der Waals surface area contributed by atoms with Crippen molar-refractivity contribution in [3.05, 3.63) is 12.0 Å². The van der Waals surface area contributed by atoms with Crippen LogP contribution in [-0.2, 0) is 0 Å². The SMILES string of the molecule is CC(C)n1cnc(N)c1C(N)=O. The van der Waals surface area contributed by atoms with Gasteiger partial charge < -0.3 is 16.0 Å². The number of carbonyl (C=O) groups is 1. The lowest BCUT2D eigenvalue weighted by molar-refractivity contribution is 0.0991. The summed E-state index contributed by atoms with van der Waals surface area (Å²) in [6, 6.07) is 0.136. The first-order chi connectivity index (χ1) is 5.54. The predicted molar refractivity (Wildman–Crippen MR) is 45.5 cm³/mol. The first-order valence-corrected chi connectivity index (χ1v) is 3.66. The highest BCUT2D eigenvalue weighted by Gasteiger charge is 2.14. The Hall–Kier alpha value is -1.52. The molecule has 0 unspecified atom stereocenters. The van der Waals surface area contributed by atoms with Gasteiger partial charge >= 0.3 is 0 Å². The van der Waals surface area contributed by atoms with E-state index in [0.717, 1.165) is 0 Å². The molecule has 1 heterocycles. The summed E-state index contributed by atoms with van der Waals surface area (Å²) in [5.74, 6) is -0.352. The number of rotatable bonds is 2. The number of primary amides is 1. The normalized spacial score (nSPS) is 10.6. The Morgan fingerprint density at radius 1 is 1.67 bits per heavy atom. The summed E-state index contributed by atoms with van der Waals surface area (Å²) < 4.78 is 1.65. The molecule has 1 aromatic heterocycles. The second kappa shape index (κ2) is 2.84. The number of amides is 1. The van der Waals surface area contributed by atoms with Gasteiger partial charge in [0.05, 0.1) is 6.33 Å². The van der Waals surface area contributed by atoms with Crippen LogP contribution in [-0.4, -0.2) is 15.5 Å². The molecule has 0 atom stereocenters. The number of imidazole rings is 1. The molecular weight excluding hydrogens is 156 g/mol.